The van der Waals surface area contributed by atoms with E-state index in [9.17, 15) is 9.59 Å². The molecule has 0 aliphatic carbocycles. The van der Waals surface area contributed by atoms with E-state index in [1.54, 1.807) is 6.20 Å². The minimum Gasteiger partial charge on any atom is -0.354 e. The third-order valence-corrected chi connectivity index (χ3v) is 5.14. The molecule has 0 bridgehead atoms. The van der Waals surface area contributed by atoms with Crippen LogP contribution in [0.4, 0.5) is 0 Å². The van der Waals surface area contributed by atoms with Crippen LogP contribution in [0.25, 0.3) is 0 Å². The highest BCUT2D eigenvalue weighted by atomic mass is 35.5. The summed E-state index contributed by atoms with van der Waals surface area (Å²) in [6.45, 7) is 5.07. The standard InChI is InChI=1S/C19H28N4O2.2ClH/c1-14-6-7-15(11-21-14)10-18(24)23-9-3-4-16(13-23)12-22-19(25)17-5-2-8-20-17;;/h6-7,11,16-17,20H,2-5,8-10,12-13H2,1H3,(H,22,25);2*1H. The van der Waals surface area contributed by atoms with Gasteiger partial charge in [0.15, 0.2) is 0 Å². The largest absolute Gasteiger partial charge is 0.354 e. The average Bonchev–Trinajstić information content (AvgIpc) is 3.16. The van der Waals surface area contributed by atoms with Crippen LogP contribution in [0.1, 0.15) is 36.9 Å². The van der Waals surface area contributed by atoms with E-state index in [0.29, 0.717) is 18.9 Å². The van der Waals surface area contributed by atoms with Crippen LogP contribution in [-0.4, -0.2) is 53.9 Å². The lowest BCUT2D eigenvalue weighted by Gasteiger charge is -2.33. The predicted octanol–water partition coefficient (Wildman–Crippen LogP) is 1.88. The van der Waals surface area contributed by atoms with E-state index in [1.807, 2.05) is 24.0 Å². The number of amides is 2. The van der Waals surface area contributed by atoms with Gasteiger partial charge in [0.05, 0.1) is 12.5 Å². The van der Waals surface area contributed by atoms with Gasteiger partial charge in [-0.2, -0.15) is 0 Å². The van der Waals surface area contributed by atoms with Crippen molar-refractivity contribution in [3.05, 3.63) is 29.6 Å². The Morgan fingerprint density at radius 3 is 2.74 bits per heavy atom. The Balaban J connectivity index is 0.00000182. The maximum Gasteiger partial charge on any atom is 0.237 e. The van der Waals surface area contributed by atoms with Crippen molar-refractivity contribution in [2.45, 2.75) is 45.1 Å². The minimum absolute atomic E-state index is 0. The second-order valence-electron chi connectivity index (χ2n) is 7.23. The molecule has 1 aromatic heterocycles. The topological polar surface area (TPSA) is 74.3 Å². The summed E-state index contributed by atoms with van der Waals surface area (Å²) in [4.78, 5) is 30.9. The van der Waals surface area contributed by atoms with Gasteiger partial charge in [0.25, 0.3) is 0 Å². The average molecular weight is 417 g/mol. The molecule has 6 nitrogen and oxygen atoms in total. The van der Waals surface area contributed by atoms with Gasteiger partial charge >= 0.3 is 0 Å². The number of hydrogen-bond acceptors (Lipinski definition) is 4. The summed E-state index contributed by atoms with van der Waals surface area (Å²) in [5.41, 5.74) is 1.92. The molecule has 152 valence electrons. The summed E-state index contributed by atoms with van der Waals surface area (Å²) in [6, 6.07) is 3.88. The molecule has 2 unspecified atom stereocenters. The molecule has 0 spiro atoms. The second kappa shape index (κ2) is 11.5. The third kappa shape index (κ3) is 6.94. The van der Waals surface area contributed by atoms with Gasteiger partial charge < -0.3 is 15.5 Å². The highest BCUT2D eigenvalue weighted by Crippen LogP contribution is 2.17. The van der Waals surface area contributed by atoms with Crippen LogP contribution in [-0.2, 0) is 16.0 Å². The number of piperidine rings is 1. The number of nitrogens with one attached hydrogen (secondary N) is 2. The van der Waals surface area contributed by atoms with E-state index < -0.39 is 0 Å². The molecule has 2 N–H and O–H groups in total. The maximum atomic E-state index is 12.5. The first kappa shape index (κ1) is 23.7. The van der Waals surface area contributed by atoms with Crippen molar-refractivity contribution in [3.8, 4) is 0 Å². The molecular formula is C19H30Cl2N4O2. The Morgan fingerprint density at radius 1 is 1.26 bits per heavy atom. The Morgan fingerprint density at radius 2 is 2.07 bits per heavy atom. The molecule has 27 heavy (non-hydrogen) atoms. The molecule has 8 heteroatoms. The first-order valence-corrected chi connectivity index (χ1v) is 9.32. The van der Waals surface area contributed by atoms with Gasteiger partial charge in [-0.3, -0.25) is 14.6 Å². The van der Waals surface area contributed by atoms with E-state index in [0.717, 1.165) is 56.6 Å². The van der Waals surface area contributed by atoms with Crippen molar-refractivity contribution in [2.75, 3.05) is 26.2 Å². The highest BCUT2D eigenvalue weighted by molar-refractivity contribution is 5.85. The quantitative estimate of drug-likeness (QED) is 0.768. The Bertz CT molecular complexity index is 606. The molecule has 2 amide bonds. The Kier molecular flexibility index (Phi) is 10.1. The summed E-state index contributed by atoms with van der Waals surface area (Å²) in [5.74, 6) is 0.602. The van der Waals surface area contributed by atoms with Gasteiger partial charge in [0, 0.05) is 31.5 Å². The first-order chi connectivity index (χ1) is 12.1. The number of likely N-dealkylation sites (tertiary alicyclic amines) is 1. The molecule has 2 fully saturated rings. The van der Waals surface area contributed by atoms with Crippen LogP contribution < -0.4 is 10.6 Å². The van der Waals surface area contributed by atoms with E-state index in [4.69, 9.17) is 0 Å². The summed E-state index contributed by atoms with van der Waals surface area (Å²) in [7, 11) is 0. The van der Waals surface area contributed by atoms with Gasteiger partial charge in [0.2, 0.25) is 11.8 Å². The number of aryl methyl sites for hydroxylation is 1. The lowest BCUT2D eigenvalue weighted by Crippen LogP contribution is -2.47. The van der Waals surface area contributed by atoms with Gasteiger partial charge in [0.1, 0.15) is 0 Å². The highest BCUT2D eigenvalue weighted by Gasteiger charge is 2.26. The molecule has 0 aromatic carbocycles. The molecule has 0 radical (unpaired) electrons. The molecule has 0 saturated carbocycles. The molecule has 1 aromatic rings. The Hall–Kier alpha value is -1.37. The number of pyridine rings is 1. The van der Waals surface area contributed by atoms with Crippen LogP contribution in [0.2, 0.25) is 0 Å². The lowest BCUT2D eigenvalue weighted by molar-refractivity contribution is -0.132. The number of nitrogens with zero attached hydrogens (tertiary/aromatic N) is 2. The lowest BCUT2D eigenvalue weighted by atomic mass is 9.97. The van der Waals surface area contributed by atoms with E-state index in [1.165, 1.54) is 0 Å². The van der Waals surface area contributed by atoms with Crippen molar-refractivity contribution >= 4 is 36.6 Å². The normalized spacial score (nSPS) is 21.7. The molecule has 2 aliphatic rings. The van der Waals surface area contributed by atoms with Crippen molar-refractivity contribution in [1.29, 1.82) is 0 Å². The minimum atomic E-state index is -0.0321. The zero-order chi connectivity index (χ0) is 17.6. The van der Waals surface area contributed by atoms with Gasteiger partial charge in [-0.1, -0.05) is 6.07 Å². The summed E-state index contributed by atoms with van der Waals surface area (Å²) in [6.07, 6.45) is 6.24. The molecule has 2 aliphatic heterocycles. The fourth-order valence-electron chi connectivity index (χ4n) is 3.62. The zero-order valence-electron chi connectivity index (χ0n) is 15.8. The predicted molar refractivity (Wildman–Crippen MR) is 111 cm³/mol. The summed E-state index contributed by atoms with van der Waals surface area (Å²) < 4.78 is 0. The number of rotatable bonds is 5. The number of aromatic nitrogens is 1. The van der Waals surface area contributed by atoms with Gasteiger partial charge in [-0.25, -0.2) is 0 Å². The Labute approximate surface area is 173 Å². The van der Waals surface area contributed by atoms with Crippen molar-refractivity contribution < 1.29 is 9.59 Å². The monoisotopic (exact) mass is 416 g/mol. The van der Waals surface area contributed by atoms with E-state index in [2.05, 4.69) is 15.6 Å². The molecule has 2 atom stereocenters. The third-order valence-electron chi connectivity index (χ3n) is 5.14. The smallest absolute Gasteiger partial charge is 0.237 e. The molecule has 2 saturated heterocycles. The molecule has 3 heterocycles. The zero-order valence-corrected chi connectivity index (χ0v) is 17.4. The van der Waals surface area contributed by atoms with Crippen LogP contribution in [0.3, 0.4) is 0 Å². The van der Waals surface area contributed by atoms with Crippen LogP contribution in [0, 0.1) is 12.8 Å². The molecular weight excluding hydrogens is 387 g/mol. The summed E-state index contributed by atoms with van der Waals surface area (Å²) >= 11 is 0. The number of carbonyl (C=O) groups is 2. The van der Waals surface area contributed by atoms with Crippen molar-refractivity contribution in [2.24, 2.45) is 5.92 Å². The van der Waals surface area contributed by atoms with Gasteiger partial charge in [-0.05, 0) is 56.7 Å². The van der Waals surface area contributed by atoms with E-state index in [-0.39, 0.29) is 42.7 Å². The van der Waals surface area contributed by atoms with Crippen LogP contribution in [0.15, 0.2) is 18.3 Å². The molecule has 3 rings (SSSR count). The fraction of sp³-hybridized carbons (Fsp3) is 0.632. The number of hydrogen-bond donors (Lipinski definition) is 2. The first-order valence-electron chi connectivity index (χ1n) is 9.32. The maximum absolute atomic E-state index is 12.5. The fourth-order valence-corrected chi connectivity index (χ4v) is 3.62. The van der Waals surface area contributed by atoms with Crippen LogP contribution in [0.5, 0.6) is 0 Å². The number of carbonyl (C=O) groups excluding carboxylic acids is 2. The SMILES string of the molecule is Cc1ccc(CC(=O)N2CCCC(CNC(=O)C3CCCN3)C2)cn1.Cl.Cl. The second-order valence-corrected chi connectivity index (χ2v) is 7.23. The van der Waals surface area contributed by atoms with Crippen molar-refractivity contribution in [3.63, 3.8) is 0 Å². The van der Waals surface area contributed by atoms with E-state index >= 15 is 0 Å². The van der Waals surface area contributed by atoms with Crippen molar-refractivity contribution in [1.82, 2.24) is 20.5 Å². The summed E-state index contributed by atoms with van der Waals surface area (Å²) in [5, 5.41) is 6.28. The van der Waals surface area contributed by atoms with Crippen LogP contribution >= 0.6 is 24.8 Å². The number of halogens is 2. The van der Waals surface area contributed by atoms with Gasteiger partial charge in [-0.15, -0.1) is 24.8 Å².